The first-order valence-electron chi connectivity index (χ1n) is 2.80. The minimum atomic E-state index is -1.97. The Morgan fingerprint density at radius 2 is 2.38 bits per heavy atom. The molecule has 1 aliphatic heterocycles. The van der Waals surface area contributed by atoms with Gasteiger partial charge in [0.25, 0.3) is 0 Å². The summed E-state index contributed by atoms with van der Waals surface area (Å²) in [6.45, 7) is 0. The zero-order valence-electron chi connectivity index (χ0n) is 4.93. The number of rotatable bonds is 0. The Labute approximate surface area is 49.7 Å². The molecular formula is C5H11FOS. The molecule has 1 rings (SSSR count). The largest absolute Gasteiger partial charge is 0.285 e. The Morgan fingerprint density at radius 1 is 1.75 bits per heavy atom. The van der Waals surface area contributed by atoms with Gasteiger partial charge in [-0.3, -0.25) is 4.21 Å². The number of thiol groups is 1. The highest BCUT2D eigenvalue weighted by Crippen LogP contribution is 2.18. The quantitative estimate of drug-likeness (QED) is 0.479. The van der Waals surface area contributed by atoms with Gasteiger partial charge in [-0.15, -0.1) is 9.93 Å². The van der Waals surface area contributed by atoms with Crippen LogP contribution in [0.1, 0.15) is 6.42 Å². The molecule has 0 saturated carbocycles. The molecule has 3 heteroatoms. The van der Waals surface area contributed by atoms with E-state index in [4.69, 9.17) is 0 Å². The van der Waals surface area contributed by atoms with Crippen LogP contribution in [0.5, 0.6) is 0 Å². The van der Waals surface area contributed by atoms with Gasteiger partial charge in [-0.05, 0) is 12.7 Å². The fraction of sp³-hybridized carbons (Fsp3) is 1.00. The molecule has 0 aromatic heterocycles. The lowest BCUT2D eigenvalue weighted by molar-refractivity contribution is 0.370. The maximum atomic E-state index is 12.2. The predicted octanol–water partition coefficient (Wildman–Crippen LogP) is 0.375. The van der Waals surface area contributed by atoms with Gasteiger partial charge in [0.2, 0.25) is 0 Å². The molecule has 0 N–H and O–H groups in total. The molecule has 0 amide bonds. The van der Waals surface area contributed by atoms with E-state index in [2.05, 4.69) is 0 Å². The average molecular weight is 138 g/mol. The molecule has 0 aromatic rings. The minimum absolute atomic E-state index is 0.326. The summed E-state index contributed by atoms with van der Waals surface area (Å²) in [6.07, 6.45) is 1.44. The smallest absolute Gasteiger partial charge is 0.110 e. The lowest BCUT2D eigenvalue weighted by Crippen LogP contribution is -2.12. The van der Waals surface area contributed by atoms with Gasteiger partial charge in [-0.1, -0.05) is 0 Å². The minimum Gasteiger partial charge on any atom is -0.285 e. The van der Waals surface area contributed by atoms with Crippen molar-refractivity contribution in [3.05, 3.63) is 0 Å². The van der Waals surface area contributed by atoms with E-state index in [0.29, 0.717) is 17.9 Å². The maximum absolute atomic E-state index is 12.2. The van der Waals surface area contributed by atoms with Crippen LogP contribution in [-0.4, -0.2) is 28.1 Å². The molecule has 50 valence electrons. The number of halogens is 1. The fourth-order valence-electron chi connectivity index (χ4n) is 1.01. The summed E-state index contributed by atoms with van der Waals surface area (Å²) in [4.78, 5) is 0. The molecule has 1 atom stereocenters. The number of alkyl halides is 1. The first-order chi connectivity index (χ1) is 3.60. The van der Waals surface area contributed by atoms with Crippen molar-refractivity contribution in [3.63, 3.8) is 0 Å². The van der Waals surface area contributed by atoms with E-state index in [-0.39, 0.29) is 0 Å². The third-order valence-corrected chi connectivity index (χ3v) is 3.87. The third kappa shape index (κ3) is 1.28. The predicted molar refractivity (Wildman–Crippen MR) is 34.7 cm³/mol. The summed E-state index contributed by atoms with van der Waals surface area (Å²) in [5.41, 5.74) is 0. The normalized spacial score (nSPS) is 39.5. The van der Waals surface area contributed by atoms with Crippen molar-refractivity contribution in [2.45, 2.75) is 12.6 Å². The van der Waals surface area contributed by atoms with Crippen molar-refractivity contribution in [3.8, 4) is 0 Å². The van der Waals surface area contributed by atoms with Gasteiger partial charge in [-0.25, -0.2) is 4.39 Å². The van der Waals surface area contributed by atoms with E-state index < -0.39 is 16.1 Å². The lowest BCUT2D eigenvalue weighted by Gasteiger charge is -2.05. The summed E-state index contributed by atoms with van der Waals surface area (Å²) in [6, 6.07) is 0. The van der Waals surface area contributed by atoms with Gasteiger partial charge in [0.15, 0.2) is 0 Å². The molecular weight excluding hydrogens is 127 g/mol. The van der Waals surface area contributed by atoms with Crippen molar-refractivity contribution < 1.29 is 8.60 Å². The molecule has 1 saturated heterocycles. The second kappa shape index (κ2) is 1.79. The molecule has 1 unspecified atom stereocenters. The van der Waals surface area contributed by atoms with E-state index in [1.54, 1.807) is 6.26 Å². The van der Waals surface area contributed by atoms with E-state index >= 15 is 0 Å². The first-order valence-corrected chi connectivity index (χ1v) is 5.32. The average Bonchev–Trinajstić information content (AvgIpc) is 1.82. The standard InChI is InChI=1S/C5H11FOS/c1-8(7)3-2-5(6)4-8/h5,8H,2-4H2,1H3. The number of hydrogen-bond acceptors (Lipinski definition) is 1. The van der Waals surface area contributed by atoms with Gasteiger partial charge >= 0.3 is 0 Å². The zero-order chi connectivity index (χ0) is 6.20. The highest BCUT2D eigenvalue weighted by Gasteiger charge is 2.24. The highest BCUT2D eigenvalue weighted by molar-refractivity contribution is 8.02. The molecule has 0 aromatic carbocycles. The van der Waals surface area contributed by atoms with E-state index in [1.807, 2.05) is 0 Å². The van der Waals surface area contributed by atoms with Crippen LogP contribution in [0.25, 0.3) is 0 Å². The van der Waals surface area contributed by atoms with Gasteiger partial charge in [-0.2, -0.15) is 0 Å². The topological polar surface area (TPSA) is 17.1 Å². The molecule has 8 heavy (non-hydrogen) atoms. The molecule has 0 aliphatic carbocycles. The molecule has 0 spiro atoms. The van der Waals surface area contributed by atoms with Gasteiger partial charge < -0.3 is 0 Å². The summed E-state index contributed by atoms with van der Waals surface area (Å²) < 4.78 is 23.2. The molecule has 0 bridgehead atoms. The van der Waals surface area contributed by atoms with E-state index in [9.17, 15) is 8.60 Å². The Balaban J connectivity index is 2.57. The van der Waals surface area contributed by atoms with Crippen molar-refractivity contribution >= 4 is 9.93 Å². The number of hydrogen-bond donors (Lipinski definition) is 1. The Hall–Kier alpha value is 0.0800. The molecule has 1 fully saturated rings. The van der Waals surface area contributed by atoms with Crippen molar-refractivity contribution in [1.29, 1.82) is 0 Å². The molecule has 1 heterocycles. The third-order valence-electron chi connectivity index (χ3n) is 1.50. The van der Waals surface area contributed by atoms with E-state index in [1.165, 1.54) is 0 Å². The van der Waals surface area contributed by atoms with Crippen LogP contribution < -0.4 is 0 Å². The van der Waals surface area contributed by atoms with Gasteiger partial charge in [0.1, 0.15) is 6.17 Å². The van der Waals surface area contributed by atoms with Crippen LogP contribution >= 0.6 is 0 Å². The van der Waals surface area contributed by atoms with Crippen molar-refractivity contribution in [2.24, 2.45) is 0 Å². The monoisotopic (exact) mass is 138 g/mol. The second-order valence-corrected chi connectivity index (χ2v) is 6.00. The molecule has 0 radical (unpaired) electrons. The van der Waals surface area contributed by atoms with Crippen LogP contribution in [0, 0.1) is 0 Å². The lowest BCUT2D eigenvalue weighted by atomic mass is 10.4. The first kappa shape index (κ1) is 6.20. The molecule has 1 nitrogen and oxygen atoms in total. The van der Waals surface area contributed by atoms with Crippen LogP contribution in [-0.2, 0) is 9.93 Å². The maximum Gasteiger partial charge on any atom is 0.110 e. The summed E-state index contributed by atoms with van der Waals surface area (Å²) in [5.74, 6) is 0.946. The summed E-state index contributed by atoms with van der Waals surface area (Å²) in [7, 11) is -1.97. The Morgan fingerprint density at radius 3 is 2.50 bits per heavy atom. The van der Waals surface area contributed by atoms with Crippen molar-refractivity contribution in [2.75, 3.05) is 17.8 Å². The van der Waals surface area contributed by atoms with Gasteiger partial charge in [0.05, 0.1) is 0 Å². The van der Waals surface area contributed by atoms with Crippen LogP contribution in [0.4, 0.5) is 4.39 Å². The highest BCUT2D eigenvalue weighted by atomic mass is 32.2. The van der Waals surface area contributed by atoms with E-state index in [0.717, 1.165) is 0 Å². The Bertz CT molecular complexity index is 134. The zero-order valence-corrected chi connectivity index (χ0v) is 5.83. The second-order valence-electron chi connectivity index (χ2n) is 2.59. The van der Waals surface area contributed by atoms with Gasteiger partial charge in [0, 0.05) is 11.5 Å². The van der Waals surface area contributed by atoms with Crippen LogP contribution in [0.3, 0.4) is 0 Å². The Kier molecular flexibility index (Phi) is 1.39. The van der Waals surface area contributed by atoms with Crippen LogP contribution in [0.2, 0.25) is 0 Å². The summed E-state index contributed by atoms with van der Waals surface area (Å²) >= 11 is 0. The summed E-state index contributed by atoms with van der Waals surface area (Å²) in [5, 5.41) is 0. The van der Waals surface area contributed by atoms with Crippen LogP contribution in [0.15, 0.2) is 0 Å². The van der Waals surface area contributed by atoms with Crippen molar-refractivity contribution in [1.82, 2.24) is 0 Å². The molecule has 1 aliphatic rings. The SMILES string of the molecule is C[SH]1(=O)CCC(F)C1. The fourth-order valence-corrected chi connectivity index (χ4v) is 3.04.